The van der Waals surface area contributed by atoms with Crippen LogP contribution >= 0.6 is 0 Å². The van der Waals surface area contributed by atoms with Gasteiger partial charge in [-0.25, -0.2) is 4.39 Å². The Morgan fingerprint density at radius 3 is 2.60 bits per heavy atom. The maximum Gasteiger partial charge on any atom is 0.325 e. The van der Waals surface area contributed by atoms with Crippen LogP contribution in [0.15, 0.2) is 24.3 Å². The van der Waals surface area contributed by atoms with Crippen LogP contribution in [0.5, 0.6) is 0 Å². The van der Waals surface area contributed by atoms with Gasteiger partial charge >= 0.3 is 5.97 Å². The first-order valence-electron chi connectivity index (χ1n) is 6.75. The van der Waals surface area contributed by atoms with Gasteiger partial charge in [-0.3, -0.25) is 4.79 Å². The minimum atomic E-state index is -0.770. The molecule has 0 spiro atoms. The van der Waals surface area contributed by atoms with Crippen molar-refractivity contribution in [3.8, 4) is 0 Å². The molecular weight excluding hydrogens is 259 g/mol. The Hall–Kier alpha value is -1.62. The fourth-order valence-electron chi connectivity index (χ4n) is 2.07. The van der Waals surface area contributed by atoms with E-state index in [1.54, 1.807) is 32.2 Å². The van der Waals surface area contributed by atoms with Crippen LogP contribution < -0.4 is 10.2 Å². The summed E-state index contributed by atoms with van der Waals surface area (Å²) < 4.78 is 18.6. The molecule has 1 N–H and O–H groups in total. The second-order valence-corrected chi connectivity index (χ2v) is 4.85. The zero-order valence-electron chi connectivity index (χ0n) is 12.6. The van der Waals surface area contributed by atoms with Crippen molar-refractivity contribution in [2.75, 3.05) is 32.1 Å². The van der Waals surface area contributed by atoms with Crippen molar-refractivity contribution in [3.63, 3.8) is 0 Å². The maximum absolute atomic E-state index is 13.8. The van der Waals surface area contributed by atoms with Gasteiger partial charge in [0.15, 0.2) is 0 Å². The average molecular weight is 282 g/mol. The number of hydrogen-bond acceptors (Lipinski definition) is 4. The van der Waals surface area contributed by atoms with E-state index in [4.69, 9.17) is 4.74 Å². The molecule has 1 aromatic rings. The number of nitrogens with zero attached hydrogens (tertiary/aromatic N) is 1. The first kappa shape index (κ1) is 16.4. The SMILES string of the molecule is CCN(CCC(C)(NC)C(=O)OC)c1ccccc1F. The summed E-state index contributed by atoms with van der Waals surface area (Å²) in [5.74, 6) is -0.567. The van der Waals surface area contributed by atoms with Gasteiger partial charge in [0.2, 0.25) is 0 Å². The van der Waals surface area contributed by atoms with Gasteiger partial charge in [-0.15, -0.1) is 0 Å². The topological polar surface area (TPSA) is 41.6 Å². The monoisotopic (exact) mass is 282 g/mol. The Labute approximate surface area is 119 Å². The second kappa shape index (κ2) is 7.24. The summed E-state index contributed by atoms with van der Waals surface area (Å²) in [6.07, 6.45) is 0.526. The normalized spacial score (nSPS) is 13.7. The molecule has 20 heavy (non-hydrogen) atoms. The molecule has 112 valence electrons. The minimum absolute atomic E-state index is 0.251. The molecular formula is C15H23FN2O2. The lowest BCUT2D eigenvalue weighted by molar-refractivity contribution is -0.147. The Bertz CT molecular complexity index is 453. The molecule has 0 saturated carbocycles. The highest BCUT2D eigenvalue weighted by atomic mass is 19.1. The molecule has 0 bridgehead atoms. The standard InChI is InChI=1S/C15H23FN2O2/c1-5-18(13-9-7-6-8-12(13)16)11-10-15(2,17-3)14(19)20-4/h6-9,17H,5,10-11H2,1-4H3. The van der Waals surface area contributed by atoms with E-state index in [0.29, 0.717) is 25.2 Å². The number of benzene rings is 1. The van der Waals surface area contributed by atoms with Crippen molar-refractivity contribution < 1.29 is 13.9 Å². The number of methoxy groups -OCH3 is 1. The number of likely N-dealkylation sites (N-methyl/N-ethyl adjacent to an activating group) is 1. The van der Waals surface area contributed by atoms with Crippen LogP contribution in [0.1, 0.15) is 20.3 Å². The highest BCUT2D eigenvalue weighted by Gasteiger charge is 2.32. The van der Waals surface area contributed by atoms with Crippen LogP contribution in [-0.2, 0) is 9.53 Å². The van der Waals surface area contributed by atoms with E-state index in [1.807, 2.05) is 11.8 Å². The van der Waals surface area contributed by atoms with E-state index in [1.165, 1.54) is 13.2 Å². The minimum Gasteiger partial charge on any atom is -0.468 e. The molecule has 0 amide bonds. The van der Waals surface area contributed by atoms with E-state index in [2.05, 4.69) is 5.32 Å². The van der Waals surface area contributed by atoms with Gasteiger partial charge in [0.1, 0.15) is 11.4 Å². The van der Waals surface area contributed by atoms with Crippen LogP contribution in [0.2, 0.25) is 0 Å². The van der Waals surface area contributed by atoms with Crippen molar-refractivity contribution in [1.29, 1.82) is 0 Å². The van der Waals surface area contributed by atoms with E-state index < -0.39 is 5.54 Å². The van der Waals surface area contributed by atoms with E-state index in [0.717, 1.165) is 0 Å². The van der Waals surface area contributed by atoms with E-state index in [-0.39, 0.29) is 11.8 Å². The molecule has 1 atom stereocenters. The first-order valence-corrected chi connectivity index (χ1v) is 6.75. The van der Waals surface area contributed by atoms with Crippen molar-refractivity contribution >= 4 is 11.7 Å². The van der Waals surface area contributed by atoms with Crippen LogP contribution in [0.25, 0.3) is 0 Å². The summed E-state index contributed by atoms with van der Waals surface area (Å²) in [6, 6.07) is 6.65. The smallest absolute Gasteiger partial charge is 0.325 e. The molecule has 0 aliphatic heterocycles. The Kier molecular flexibility index (Phi) is 5.95. The summed E-state index contributed by atoms with van der Waals surface area (Å²) in [7, 11) is 3.09. The number of nitrogens with one attached hydrogen (secondary N) is 1. The van der Waals surface area contributed by atoms with Crippen molar-refractivity contribution in [2.24, 2.45) is 0 Å². The Morgan fingerprint density at radius 1 is 1.45 bits per heavy atom. The molecule has 4 nitrogen and oxygen atoms in total. The van der Waals surface area contributed by atoms with Gasteiger partial charge in [-0.1, -0.05) is 12.1 Å². The molecule has 1 aromatic carbocycles. The lowest BCUT2D eigenvalue weighted by Gasteiger charge is -2.30. The van der Waals surface area contributed by atoms with Crippen molar-refractivity contribution in [3.05, 3.63) is 30.1 Å². The molecule has 0 aliphatic rings. The van der Waals surface area contributed by atoms with E-state index >= 15 is 0 Å². The van der Waals surface area contributed by atoms with Gasteiger partial charge in [0, 0.05) is 13.1 Å². The summed E-state index contributed by atoms with van der Waals surface area (Å²) in [5.41, 5.74) is -0.216. The lowest BCUT2D eigenvalue weighted by Crippen LogP contribution is -2.50. The van der Waals surface area contributed by atoms with Crippen LogP contribution in [0.3, 0.4) is 0 Å². The van der Waals surface area contributed by atoms with Crippen LogP contribution in [-0.4, -0.2) is 38.8 Å². The van der Waals surface area contributed by atoms with Gasteiger partial charge < -0.3 is 15.0 Å². The van der Waals surface area contributed by atoms with Crippen molar-refractivity contribution in [2.45, 2.75) is 25.8 Å². The number of rotatable bonds is 7. The number of esters is 1. The van der Waals surface area contributed by atoms with E-state index in [9.17, 15) is 9.18 Å². The molecule has 0 heterocycles. The number of para-hydroxylation sites is 1. The zero-order chi connectivity index (χ0) is 15.2. The number of anilines is 1. The summed E-state index contributed by atoms with van der Waals surface area (Å²) in [4.78, 5) is 13.7. The molecule has 0 aliphatic carbocycles. The Balaban J connectivity index is 2.80. The molecule has 1 unspecified atom stereocenters. The van der Waals surface area contributed by atoms with Gasteiger partial charge in [0.05, 0.1) is 12.8 Å². The van der Waals surface area contributed by atoms with Crippen LogP contribution in [0, 0.1) is 5.82 Å². The fourth-order valence-corrected chi connectivity index (χ4v) is 2.07. The predicted molar refractivity (Wildman–Crippen MR) is 78.4 cm³/mol. The highest BCUT2D eigenvalue weighted by Crippen LogP contribution is 2.21. The number of ether oxygens (including phenoxy) is 1. The maximum atomic E-state index is 13.8. The van der Waals surface area contributed by atoms with Gasteiger partial charge in [-0.2, -0.15) is 0 Å². The Morgan fingerprint density at radius 2 is 2.10 bits per heavy atom. The molecule has 5 heteroatoms. The van der Waals surface area contributed by atoms with Gasteiger partial charge in [0.25, 0.3) is 0 Å². The summed E-state index contributed by atoms with van der Waals surface area (Å²) >= 11 is 0. The quantitative estimate of drug-likeness (QED) is 0.778. The molecule has 0 fully saturated rings. The zero-order valence-corrected chi connectivity index (χ0v) is 12.6. The fraction of sp³-hybridized carbons (Fsp3) is 0.533. The average Bonchev–Trinajstić information content (AvgIpc) is 2.48. The number of carbonyl (C=O) groups is 1. The predicted octanol–water partition coefficient (Wildman–Crippen LogP) is 2.19. The first-order chi connectivity index (χ1) is 9.48. The molecule has 1 rings (SSSR count). The second-order valence-electron chi connectivity index (χ2n) is 4.85. The number of hydrogen-bond donors (Lipinski definition) is 1. The number of carbonyl (C=O) groups excluding carboxylic acids is 1. The number of halogens is 1. The lowest BCUT2D eigenvalue weighted by atomic mass is 9.97. The third kappa shape index (κ3) is 3.70. The molecule has 0 saturated heterocycles. The third-order valence-corrected chi connectivity index (χ3v) is 3.64. The third-order valence-electron chi connectivity index (χ3n) is 3.64. The van der Waals surface area contributed by atoms with Crippen molar-refractivity contribution in [1.82, 2.24) is 5.32 Å². The molecule has 0 radical (unpaired) electrons. The highest BCUT2D eigenvalue weighted by molar-refractivity contribution is 5.80. The van der Waals surface area contributed by atoms with Crippen LogP contribution in [0.4, 0.5) is 10.1 Å². The summed E-state index contributed by atoms with van der Waals surface area (Å²) in [6.45, 7) is 4.97. The van der Waals surface area contributed by atoms with Gasteiger partial charge in [-0.05, 0) is 39.4 Å². The largest absolute Gasteiger partial charge is 0.468 e. The summed E-state index contributed by atoms with van der Waals surface area (Å²) in [5, 5.41) is 2.98. The molecule has 0 aromatic heterocycles.